The van der Waals surface area contributed by atoms with Crippen LogP contribution in [0, 0.1) is 5.92 Å². The summed E-state index contributed by atoms with van der Waals surface area (Å²) in [5.41, 5.74) is 2.22. The van der Waals surface area contributed by atoms with Gasteiger partial charge in [0.2, 0.25) is 11.8 Å². The fraction of sp³-hybridized carbons (Fsp3) is 0.529. The molecule has 22 heavy (non-hydrogen) atoms. The Kier molecular flexibility index (Phi) is 4.16. The molecule has 5 heteroatoms. The average molecular weight is 302 g/mol. The van der Waals surface area contributed by atoms with Crippen molar-refractivity contribution in [3.05, 3.63) is 29.8 Å². The summed E-state index contributed by atoms with van der Waals surface area (Å²) in [5, 5.41) is 0. The third kappa shape index (κ3) is 2.61. The number of ether oxygens (including phenoxy) is 1. The molecule has 2 aliphatic rings. The normalized spacial score (nSPS) is 22.1. The molecule has 3 rings (SSSR count). The molecule has 2 heterocycles. The zero-order chi connectivity index (χ0) is 15.7. The molecule has 1 aromatic carbocycles. The van der Waals surface area contributed by atoms with Gasteiger partial charge in [-0.25, -0.2) is 0 Å². The number of hydrogen-bond acceptors (Lipinski definition) is 3. The number of carbonyl (C=O) groups is 2. The van der Waals surface area contributed by atoms with Crippen molar-refractivity contribution < 1.29 is 14.3 Å². The number of fused-ring (bicyclic) bond motifs is 1. The van der Waals surface area contributed by atoms with Crippen molar-refractivity contribution in [2.24, 2.45) is 5.92 Å². The summed E-state index contributed by atoms with van der Waals surface area (Å²) < 4.78 is 5.12. The molecule has 1 aromatic rings. The fourth-order valence-electron chi connectivity index (χ4n) is 3.44. The number of rotatable bonds is 4. The van der Waals surface area contributed by atoms with Gasteiger partial charge in [-0.3, -0.25) is 9.59 Å². The molecule has 0 saturated carbocycles. The number of para-hydroxylation sites is 1. The van der Waals surface area contributed by atoms with E-state index in [2.05, 4.69) is 6.07 Å². The van der Waals surface area contributed by atoms with E-state index in [1.54, 1.807) is 12.0 Å². The zero-order valence-corrected chi connectivity index (χ0v) is 13.1. The van der Waals surface area contributed by atoms with Crippen molar-refractivity contribution in [3.8, 4) is 0 Å². The van der Waals surface area contributed by atoms with E-state index >= 15 is 0 Å². The summed E-state index contributed by atoms with van der Waals surface area (Å²) in [7, 11) is 1.63. The molecular weight excluding hydrogens is 280 g/mol. The molecule has 1 fully saturated rings. The lowest BCUT2D eigenvalue weighted by atomic mass is 10.1. The highest BCUT2D eigenvalue weighted by molar-refractivity contribution is 6.00. The van der Waals surface area contributed by atoms with Crippen molar-refractivity contribution in [2.75, 3.05) is 31.7 Å². The predicted molar refractivity (Wildman–Crippen MR) is 83.7 cm³/mol. The van der Waals surface area contributed by atoms with Crippen LogP contribution in [0.1, 0.15) is 18.9 Å². The van der Waals surface area contributed by atoms with Crippen molar-refractivity contribution in [2.45, 2.75) is 25.8 Å². The highest BCUT2D eigenvalue weighted by atomic mass is 16.5. The lowest BCUT2D eigenvalue weighted by Gasteiger charge is -2.25. The molecule has 0 N–H and O–H groups in total. The standard InChI is InChI=1S/C17H22N2O3/c1-12(11-22-2)19-10-14(9-16(19)20)17(21)18-8-7-13-5-3-4-6-15(13)18/h3-6,12,14H,7-11H2,1-2H3/t12-,14-/m1/s1. The van der Waals surface area contributed by atoms with Crippen LogP contribution in [0.5, 0.6) is 0 Å². The van der Waals surface area contributed by atoms with Crippen LogP contribution in [0.25, 0.3) is 0 Å². The quantitative estimate of drug-likeness (QED) is 0.846. The van der Waals surface area contributed by atoms with Crippen LogP contribution in [0.15, 0.2) is 24.3 Å². The molecule has 0 spiro atoms. The van der Waals surface area contributed by atoms with Crippen LogP contribution in [0.3, 0.4) is 0 Å². The van der Waals surface area contributed by atoms with E-state index in [0.29, 0.717) is 19.6 Å². The Morgan fingerprint density at radius 3 is 2.95 bits per heavy atom. The fourth-order valence-corrected chi connectivity index (χ4v) is 3.44. The Hall–Kier alpha value is -1.88. The van der Waals surface area contributed by atoms with Gasteiger partial charge >= 0.3 is 0 Å². The summed E-state index contributed by atoms with van der Waals surface area (Å²) in [4.78, 5) is 28.6. The van der Waals surface area contributed by atoms with Gasteiger partial charge in [-0.15, -0.1) is 0 Å². The minimum atomic E-state index is -0.238. The summed E-state index contributed by atoms with van der Waals surface area (Å²) >= 11 is 0. The van der Waals surface area contributed by atoms with Crippen molar-refractivity contribution in [1.82, 2.24) is 4.90 Å². The van der Waals surface area contributed by atoms with E-state index in [1.165, 1.54) is 5.56 Å². The molecule has 2 aliphatic heterocycles. The third-order valence-corrected chi connectivity index (χ3v) is 4.60. The van der Waals surface area contributed by atoms with E-state index in [9.17, 15) is 9.59 Å². The first-order valence-corrected chi connectivity index (χ1v) is 7.79. The number of hydrogen-bond donors (Lipinski definition) is 0. The molecule has 0 bridgehead atoms. The van der Waals surface area contributed by atoms with Crippen LogP contribution < -0.4 is 4.90 Å². The lowest BCUT2D eigenvalue weighted by Crippen LogP contribution is -2.40. The number of nitrogens with zero attached hydrogens (tertiary/aromatic N) is 2. The van der Waals surface area contributed by atoms with Gasteiger partial charge in [-0.05, 0) is 25.0 Å². The smallest absolute Gasteiger partial charge is 0.232 e. The van der Waals surface area contributed by atoms with E-state index in [-0.39, 0.29) is 23.8 Å². The number of amides is 2. The third-order valence-electron chi connectivity index (χ3n) is 4.60. The Bertz CT molecular complexity index is 587. The van der Waals surface area contributed by atoms with E-state index < -0.39 is 0 Å². The van der Waals surface area contributed by atoms with Crippen molar-refractivity contribution >= 4 is 17.5 Å². The Morgan fingerprint density at radius 1 is 1.41 bits per heavy atom. The van der Waals surface area contributed by atoms with Gasteiger partial charge in [0.15, 0.2) is 0 Å². The molecule has 5 nitrogen and oxygen atoms in total. The van der Waals surface area contributed by atoms with Gasteiger partial charge in [0.05, 0.1) is 18.6 Å². The van der Waals surface area contributed by atoms with Gasteiger partial charge in [-0.2, -0.15) is 0 Å². The largest absolute Gasteiger partial charge is 0.383 e. The monoisotopic (exact) mass is 302 g/mol. The van der Waals surface area contributed by atoms with E-state index in [1.807, 2.05) is 30.0 Å². The minimum absolute atomic E-state index is 0.0150. The molecule has 2 atom stereocenters. The molecule has 0 aromatic heterocycles. The van der Waals surface area contributed by atoms with Gasteiger partial charge in [0, 0.05) is 32.3 Å². The summed E-state index contributed by atoms with van der Waals surface area (Å²) in [5.74, 6) is -0.112. The van der Waals surface area contributed by atoms with Gasteiger partial charge in [-0.1, -0.05) is 18.2 Å². The Labute approximate surface area is 130 Å². The second kappa shape index (κ2) is 6.08. The molecule has 1 saturated heterocycles. The molecule has 0 aliphatic carbocycles. The molecule has 2 amide bonds. The minimum Gasteiger partial charge on any atom is -0.383 e. The highest BCUT2D eigenvalue weighted by Crippen LogP contribution is 2.31. The van der Waals surface area contributed by atoms with Crippen molar-refractivity contribution in [1.29, 1.82) is 0 Å². The molecule has 0 unspecified atom stereocenters. The number of benzene rings is 1. The maximum Gasteiger partial charge on any atom is 0.232 e. The first-order valence-electron chi connectivity index (χ1n) is 7.79. The maximum atomic E-state index is 12.8. The predicted octanol–water partition coefficient (Wildman–Crippen LogP) is 1.46. The molecule has 0 radical (unpaired) electrons. The van der Waals surface area contributed by atoms with Crippen LogP contribution in [0.4, 0.5) is 5.69 Å². The van der Waals surface area contributed by atoms with E-state index in [0.717, 1.165) is 18.7 Å². The summed E-state index contributed by atoms with van der Waals surface area (Å²) in [6.45, 7) is 3.68. The van der Waals surface area contributed by atoms with Crippen LogP contribution in [0.2, 0.25) is 0 Å². The number of likely N-dealkylation sites (tertiary alicyclic amines) is 1. The van der Waals surface area contributed by atoms with Crippen LogP contribution in [-0.4, -0.2) is 49.6 Å². The SMILES string of the molecule is COC[C@@H](C)N1C[C@H](C(=O)N2CCc3ccccc32)CC1=O. The number of methoxy groups -OCH3 is 1. The Morgan fingerprint density at radius 2 is 2.18 bits per heavy atom. The number of carbonyl (C=O) groups excluding carboxylic acids is 2. The van der Waals surface area contributed by atoms with Crippen molar-refractivity contribution in [3.63, 3.8) is 0 Å². The first-order chi connectivity index (χ1) is 10.6. The van der Waals surface area contributed by atoms with Gasteiger partial charge < -0.3 is 14.5 Å². The number of anilines is 1. The summed E-state index contributed by atoms with van der Waals surface area (Å²) in [6, 6.07) is 8.02. The topological polar surface area (TPSA) is 49.9 Å². The Balaban J connectivity index is 1.71. The van der Waals surface area contributed by atoms with Crippen LogP contribution >= 0.6 is 0 Å². The second-order valence-electron chi connectivity index (χ2n) is 6.12. The van der Waals surface area contributed by atoms with Gasteiger partial charge in [0.25, 0.3) is 0 Å². The summed E-state index contributed by atoms with van der Waals surface area (Å²) in [6.07, 6.45) is 1.21. The first kappa shape index (κ1) is 15.0. The van der Waals surface area contributed by atoms with Crippen LogP contribution in [-0.2, 0) is 20.7 Å². The lowest BCUT2D eigenvalue weighted by molar-refractivity contribution is -0.130. The zero-order valence-electron chi connectivity index (χ0n) is 13.1. The maximum absolute atomic E-state index is 12.8. The second-order valence-corrected chi connectivity index (χ2v) is 6.12. The highest BCUT2D eigenvalue weighted by Gasteiger charge is 2.39. The van der Waals surface area contributed by atoms with E-state index in [4.69, 9.17) is 4.74 Å². The van der Waals surface area contributed by atoms with Gasteiger partial charge in [0.1, 0.15) is 0 Å². The molecular formula is C17H22N2O3. The molecule has 118 valence electrons. The average Bonchev–Trinajstić information content (AvgIpc) is 3.10.